The van der Waals surface area contributed by atoms with E-state index in [0.717, 1.165) is 19.3 Å². The molecule has 1 N–H and O–H groups in total. The van der Waals surface area contributed by atoms with Crippen LogP contribution >= 0.6 is 0 Å². The van der Waals surface area contributed by atoms with Gasteiger partial charge in [0.05, 0.1) is 6.54 Å². The molecule has 0 atom stereocenters. The van der Waals surface area contributed by atoms with Crippen molar-refractivity contribution in [3.63, 3.8) is 0 Å². The minimum Gasteiger partial charge on any atom is -0.355 e. The molecule has 0 aliphatic rings. The van der Waals surface area contributed by atoms with Crippen LogP contribution in [0.1, 0.15) is 39.2 Å². The van der Waals surface area contributed by atoms with Gasteiger partial charge in [0.1, 0.15) is 0 Å². The number of nitrogens with zero attached hydrogens (tertiary/aromatic N) is 1. The van der Waals surface area contributed by atoms with E-state index >= 15 is 0 Å². The summed E-state index contributed by atoms with van der Waals surface area (Å²) in [7, 11) is 0. The largest absolute Gasteiger partial charge is 0.355 e. The molecule has 2 amide bonds. The van der Waals surface area contributed by atoms with Gasteiger partial charge in [-0.3, -0.25) is 9.59 Å². The Morgan fingerprint density at radius 2 is 1.86 bits per heavy atom. The molecule has 122 valence electrons. The van der Waals surface area contributed by atoms with Crippen molar-refractivity contribution in [3.05, 3.63) is 35.9 Å². The molecule has 0 saturated carbocycles. The Kier molecular flexibility index (Phi) is 8.26. The Bertz CT molecular complexity index is 457. The van der Waals surface area contributed by atoms with Crippen LogP contribution in [-0.2, 0) is 16.0 Å². The summed E-state index contributed by atoms with van der Waals surface area (Å²) in [5, 5.41) is 2.89. The highest BCUT2D eigenvalue weighted by Crippen LogP contribution is 2.03. The van der Waals surface area contributed by atoms with E-state index < -0.39 is 0 Å². The first-order valence-corrected chi connectivity index (χ1v) is 8.05. The zero-order valence-corrected chi connectivity index (χ0v) is 14.0. The second-order valence-corrected chi connectivity index (χ2v) is 6.06. The van der Waals surface area contributed by atoms with Crippen LogP contribution in [0.25, 0.3) is 0 Å². The van der Waals surface area contributed by atoms with E-state index in [1.54, 1.807) is 4.90 Å². The molecule has 0 aromatic heterocycles. The second kappa shape index (κ2) is 9.98. The summed E-state index contributed by atoms with van der Waals surface area (Å²) in [6, 6.07) is 10.2. The van der Waals surface area contributed by atoms with Crippen LogP contribution in [0.2, 0.25) is 0 Å². The Hall–Kier alpha value is -1.84. The van der Waals surface area contributed by atoms with E-state index in [4.69, 9.17) is 0 Å². The number of hydrogen-bond acceptors (Lipinski definition) is 2. The summed E-state index contributed by atoms with van der Waals surface area (Å²) in [6.45, 7) is 7.19. The molecule has 0 heterocycles. The summed E-state index contributed by atoms with van der Waals surface area (Å²) in [4.78, 5) is 25.1. The van der Waals surface area contributed by atoms with Gasteiger partial charge in [-0.2, -0.15) is 0 Å². The first-order chi connectivity index (χ1) is 10.5. The lowest BCUT2D eigenvalue weighted by Crippen LogP contribution is -2.40. The van der Waals surface area contributed by atoms with Crippen LogP contribution in [0.5, 0.6) is 0 Å². The molecule has 0 saturated heterocycles. The molecule has 0 unspecified atom stereocenters. The van der Waals surface area contributed by atoms with Gasteiger partial charge in [0.2, 0.25) is 11.8 Å². The van der Waals surface area contributed by atoms with Gasteiger partial charge < -0.3 is 10.2 Å². The lowest BCUT2D eigenvalue weighted by atomic mass is 10.1. The molecular formula is C18H28N2O2. The average molecular weight is 304 g/mol. The first kappa shape index (κ1) is 18.2. The van der Waals surface area contributed by atoms with Crippen LogP contribution < -0.4 is 5.32 Å². The number of aryl methyl sites for hydroxylation is 1. The standard InChI is InChI=1S/C18H28N2O2/c1-15(2)11-13-20(16(3)21)14-18(22)19-12-7-10-17-8-5-4-6-9-17/h4-6,8-9,15H,7,10-14H2,1-3H3,(H,19,22). The van der Waals surface area contributed by atoms with Gasteiger partial charge in [-0.15, -0.1) is 0 Å². The van der Waals surface area contributed by atoms with E-state index in [9.17, 15) is 9.59 Å². The third-order valence-corrected chi connectivity index (χ3v) is 3.56. The predicted octanol–water partition coefficient (Wildman–Crippen LogP) is 2.63. The van der Waals surface area contributed by atoms with Crippen molar-refractivity contribution in [2.24, 2.45) is 5.92 Å². The number of rotatable bonds is 9. The molecule has 4 nitrogen and oxygen atoms in total. The van der Waals surface area contributed by atoms with Crippen LogP contribution in [0.15, 0.2) is 30.3 Å². The highest BCUT2D eigenvalue weighted by molar-refractivity contribution is 5.83. The maximum absolute atomic E-state index is 11.9. The summed E-state index contributed by atoms with van der Waals surface area (Å²) in [6.07, 6.45) is 2.77. The fourth-order valence-corrected chi connectivity index (χ4v) is 2.16. The highest BCUT2D eigenvalue weighted by Gasteiger charge is 2.13. The SMILES string of the molecule is CC(=O)N(CCC(C)C)CC(=O)NCCCc1ccccc1. The summed E-state index contributed by atoms with van der Waals surface area (Å²) >= 11 is 0. The lowest BCUT2D eigenvalue weighted by Gasteiger charge is -2.21. The number of hydrogen-bond donors (Lipinski definition) is 1. The van der Waals surface area contributed by atoms with Gasteiger partial charge in [-0.1, -0.05) is 44.2 Å². The third kappa shape index (κ3) is 7.81. The Labute approximate surface area is 133 Å². The molecule has 0 spiro atoms. The normalized spacial score (nSPS) is 10.5. The molecule has 0 fully saturated rings. The van der Waals surface area contributed by atoms with Gasteiger partial charge in [-0.05, 0) is 30.7 Å². The van der Waals surface area contributed by atoms with E-state index in [0.29, 0.717) is 19.0 Å². The van der Waals surface area contributed by atoms with Crippen molar-refractivity contribution < 1.29 is 9.59 Å². The summed E-state index contributed by atoms with van der Waals surface area (Å²) in [5.41, 5.74) is 1.28. The van der Waals surface area contributed by atoms with Crippen molar-refractivity contribution in [1.29, 1.82) is 0 Å². The van der Waals surface area contributed by atoms with Gasteiger partial charge >= 0.3 is 0 Å². The minimum absolute atomic E-state index is 0.0416. The summed E-state index contributed by atoms with van der Waals surface area (Å²) < 4.78 is 0. The molecule has 0 bridgehead atoms. The molecule has 1 rings (SSSR count). The highest BCUT2D eigenvalue weighted by atomic mass is 16.2. The Morgan fingerprint density at radius 3 is 2.45 bits per heavy atom. The number of carbonyl (C=O) groups excluding carboxylic acids is 2. The molecule has 0 aliphatic heterocycles. The van der Waals surface area contributed by atoms with Crippen molar-refractivity contribution >= 4 is 11.8 Å². The quantitative estimate of drug-likeness (QED) is 0.713. The maximum atomic E-state index is 11.9. The summed E-state index contributed by atoms with van der Waals surface area (Å²) in [5.74, 6) is 0.405. The molecule has 22 heavy (non-hydrogen) atoms. The van der Waals surface area contributed by atoms with E-state index in [1.807, 2.05) is 18.2 Å². The van der Waals surface area contributed by atoms with Crippen LogP contribution in [-0.4, -0.2) is 36.3 Å². The lowest BCUT2D eigenvalue weighted by molar-refractivity contribution is -0.134. The second-order valence-electron chi connectivity index (χ2n) is 6.06. The molecular weight excluding hydrogens is 276 g/mol. The van der Waals surface area contributed by atoms with E-state index in [-0.39, 0.29) is 18.4 Å². The van der Waals surface area contributed by atoms with Crippen molar-refractivity contribution in [2.45, 2.75) is 40.0 Å². The smallest absolute Gasteiger partial charge is 0.239 e. The molecule has 1 aromatic carbocycles. The average Bonchev–Trinajstić information content (AvgIpc) is 2.48. The number of nitrogens with one attached hydrogen (secondary N) is 1. The Morgan fingerprint density at radius 1 is 1.18 bits per heavy atom. The zero-order chi connectivity index (χ0) is 16.4. The topological polar surface area (TPSA) is 49.4 Å². The van der Waals surface area contributed by atoms with E-state index in [2.05, 4.69) is 31.3 Å². The van der Waals surface area contributed by atoms with E-state index in [1.165, 1.54) is 12.5 Å². The van der Waals surface area contributed by atoms with Crippen molar-refractivity contribution in [2.75, 3.05) is 19.6 Å². The Balaban J connectivity index is 2.24. The molecule has 0 aliphatic carbocycles. The fourth-order valence-electron chi connectivity index (χ4n) is 2.16. The maximum Gasteiger partial charge on any atom is 0.239 e. The van der Waals surface area contributed by atoms with Crippen LogP contribution in [0.4, 0.5) is 0 Å². The van der Waals surface area contributed by atoms with Crippen LogP contribution in [0.3, 0.4) is 0 Å². The van der Waals surface area contributed by atoms with Gasteiger partial charge in [0.25, 0.3) is 0 Å². The number of amides is 2. The first-order valence-electron chi connectivity index (χ1n) is 8.05. The van der Waals surface area contributed by atoms with Crippen molar-refractivity contribution in [3.8, 4) is 0 Å². The minimum atomic E-state index is -0.0768. The zero-order valence-electron chi connectivity index (χ0n) is 14.0. The fraction of sp³-hybridized carbons (Fsp3) is 0.556. The van der Waals surface area contributed by atoms with Gasteiger partial charge in [0.15, 0.2) is 0 Å². The number of carbonyl (C=O) groups is 2. The number of benzene rings is 1. The monoisotopic (exact) mass is 304 g/mol. The van der Waals surface area contributed by atoms with Crippen molar-refractivity contribution in [1.82, 2.24) is 10.2 Å². The van der Waals surface area contributed by atoms with Crippen LogP contribution in [0, 0.1) is 5.92 Å². The molecule has 4 heteroatoms. The molecule has 1 aromatic rings. The van der Waals surface area contributed by atoms with Gasteiger partial charge in [0, 0.05) is 20.0 Å². The predicted molar refractivity (Wildman–Crippen MR) is 89.5 cm³/mol. The van der Waals surface area contributed by atoms with Gasteiger partial charge in [-0.25, -0.2) is 0 Å². The third-order valence-electron chi connectivity index (χ3n) is 3.56. The molecule has 0 radical (unpaired) electrons.